The molecule has 5 nitrogen and oxygen atoms in total. The Morgan fingerprint density at radius 3 is 2.63 bits per heavy atom. The van der Waals surface area contributed by atoms with Gasteiger partial charge in [-0.05, 0) is 34.7 Å². The van der Waals surface area contributed by atoms with Gasteiger partial charge in [0.15, 0.2) is 0 Å². The summed E-state index contributed by atoms with van der Waals surface area (Å²) in [6.07, 6.45) is 0. The van der Waals surface area contributed by atoms with Crippen molar-refractivity contribution in [3.8, 4) is 0 Å². The van der Waals surface area contributed by atoms with Crippen LogP contribution in [0.1, 0.15) is 25.2 Å². The van der Waals surface area contributed by atoms with Gasteiger partial charge in [0.25, 0.3) is 0 Å². The summed E-state index contributed by atoms with van der Waals surface area (Å²) in [6, 6.07) is 0.487. The molecule has 1 atom stereocenters. The highest BCUT2D eigenvalue weighted by atomic mass is 15.3. The van der Waals surface area contributed by atoms with Crippen LogP contribution >= 0.6 is 0 Å². The second-order valence-electron chi connectivity index (χ2n) is 5.40. The summed E-state index contributed by atoms with van der Waals surface area (Å²) in [6.45, 7) is 12.5. The first-order valence-corrected chi connectivity index (χ1v) is 7.07. The molecule has 1 aromatic rings. The Morgan fingerprint density at radius 2 is 2.00 bits per heavy atom. The summed E-state index contributed by atoms with van der Waals surface area (Å²) in [7, 11) is 2.18. The monoisotopic (exact) mass is 263 g/mol. The van der Waals surface area contributed by atoms with Gasteiger partial charge in [0.1, 0.15) is 17.5 Å². The molecular formula is C14H25N5. The number of aryl methyl sites for hydroxylation is 1. The maximum Gasteiger partial charge on any atom is 0.137 e. The lowest BCUT2D eigenvalue weighted by atomic mass is 10.1. The number of likely N-dealkylation sites (N-methyl/N-ethyl adjacent to an activating group) is 1. The van der Waals surface area contributed by atoms with Crippen molar-refractivity contribution in [1.82, 2.24) is 14.9 Å². The van der Waals surface area contributed by atoms with E-state index in [1.165, 1.54) is 0 Å². The third kappa shape index (κ3) is 2.97. The standard InChI is InChI=1S/C14H25N5/c1-6-15-13-11(3)14(17-12(4)16-13)19-8-7-18(5)9-10(19)2/h10H,6-9H2,1-5H3,(H,15,16,17). The van der Waals surface area contributed by atoms with E-state index in [9.17, 15) is 0 Å². The zero-order valence-corrected chi connectivity index (χ0v) is 12.7. The van der Waals surface area contributed by atoms with Gasteiger partial charge in [-0.2, -0.15) is 0 Å². The molecule has 5 heteroatoms. The molecule has 0 aromatic carbocycles. The van der Waals surface area contributed by atoms with Crippen molar-refractivity contribution in [2.75, 3.05) is 43.4 Å². The van der Waals surface area contributed by atoms with Crippen molar-refractivity contribution in [1.29, 1.82) is 0 Å². The van der Waals surface area contributed by atoms with E-state index < -0.39 is 0 Å². The maximum atomic E-state index is 4.67. The normalized spacial score (nSPS) is 20.7. The number of piperazine rings is 1. The average Bonchev–Trinajstić information content (AvgIpc) is 2.34. The van der Waals surface area contributed by atoms with E-state index in [4.69, 9.17) is 0 Å². The van der Waals surface area contributed by atoms with E-state index >= 15 is 0 Å². The van der Waals surface area contributed by atoms with E-state index in [1.54, 1.807) is 0 Å². The molecule has 1 saturated heterocycles. The molecule has 19 heavy (non-hydrogen) atoms. The van der Waals surface area contributed by atoms with Crippen LogP contribution in [0.15, 0.2) is 0 Å². The molecule has 1 aliphatic rings. The number of hydrogen-bond donors (Lipinski definition) is 1. The Morgan fingerprint density at radius 1 is 1.26 bits per heavy atom. The quantitative estimate of drug-likeness (QED) is 0.898. The van der Waals surface area contributed by atoms with Crippen molar-refractivity contribution in [3.05, 3.63) is 11.4 Å². The van der Waals surface area contributed by atoms with Gasteiger partial charge in [0, 0.05) is 37.8 Å². The molecule has 0 amide bonds. The Bertz CT molecular complexity index is 446. The van der Waals surface area contributed by atoms with E-state index in [1.807, 2.05) is 6.92 Å². The first-order chi connectivity index (χ1) is 9.02. The van der Waals surface area contributed by atoms with Crippen LogP contribution in [-0.4, -0.2) is 54.1 Å². The Balaban J connectivity index is 2.33. The lowest BCUT2D eigenvalue weighted by Gasteiger charge is -2.39. The number of nitrogens with zero attached hydrogens (tertiary/aromatic N) is 4. The summed E-state index contributed by atoms with van der Waals surface area (Å²) in [5, 5.41) is 3.33. The molecule has 1 fully saturated rings. The molecule has 2 heterocycles. The molecule has 1 unspecified atom stereocenters. The Kier molecular flexibility index (Phi) is 4.24. The van der Waals surface area contributed by atoms with Gasteiger partial charge < -0.3 is 15.1 Å². The molecule has 0 spiro atoms. The van der Waals surface area contributed by atoms with Gasteiger partial charge in [-0.3, -0.25) is 0 Å². The fourth-order valence-corrected chi connectivity index (χ4v) is 2.69. The van der Waals surface area contributed by atoms with Gasteiger partial charge in [-0.15, -0.1) is 0 Å². The van der Waals surface area contributed by atoms with E-state index in [0.29, 0.717) is 6.04 Å². The van der Waals surface area contributed by atoms with Crippen LogP contribution in [0.2, 0.25) is 0 Å². The van der Waals surface area contributed by atoms with E-state index in [2.05, 4.69) is 52.9 Å². The number of aromatic nitrogens is 2. The summed E-state index contributed by atoms with van der Waals surface area (Å²) in [5.74, 6) is 2.89. The van der Waals surface area contributed by atoms with Crippen molar-refractivity contribution < 1.29 is 0 Å². The highest BCUT2D eigenvalue weighted by molar-refractivity contribution is 5.59. The molecule has 2 rings (SSSR count). The van der Waals surface area contributed by atoms with Gasteiger partial charge in [-0.25, -0.2) is 9.97 Å². The molecule has 0 bridgehead atoms. The molecule has 1 aromatic heterocycles. The average molecular weight is 263 g/mol. The number of rotatable bonds is 3. The SMILES string of the molecule is CCNc1nc(C)nc(N2CCN(C)CC2C)c1C. The van der Waals surface area contributed by atoms with Crippen LogP contribution in [0, 0.1) is 13.8 Å². The Hall–Kier alpha value is -1.36. The molecule has 0 saturated carbocycles. The first kappa shape index (κ1) is 14.1. The van der Waals surface area contributed by atoms with Gasteiger partial charge in [-0.1, -0.05) is 0 Å². The van der Waals surface area contributed by atoms with Gasteiger partial charge >= 0.3 is 0 Å². The van der Waals surface area contributed by atoms with Crippen LogP contribution < -0.4 is 10.2 Å². The van der Waals surface area contributed by atoms with Crippen LogP contribution in [0.5, 0.6) is 0 Å². The van der Waals surface area contributed by atoms with E-state index in [0.717, 1.165) is 49.2 Å². The van der Waals surface area contributed by atoms with Crippen molar-refractivity contribution >= 4 is 11.6 Å². The molecule has 0 radical (unpaired) electrons. The fraction of sp³-hybridized carbons (Fsp3) is 0.714. The molecule has 1 N–H and O–H groups in total. The minimum atomic E-state index is 0.487. The molecule has 1 aliphatic heterocycles. The number of nitrogens with one attached hydrogen (secondary N) is 1. The zero-order valence-electron chi connectivity index (χ0n) is 12.7. The second kappa shape index (κ2) is 5.74. The fourth-order valence-electron chi connectivity index (χ4n) is 2.69. The van der Waals surface area contributed by atoms with E-state index in [-0.39, 0.29) is 0 Å². The maximum absolute atomic E-state index is 4.67. The van der Waals surface area contributed by atoms with Crippen LogP contribution in [0.25, 0.3) is 0 Å². The molecule has 0 aliphatic carbocycles. The second-order valence-corrected chi connectivity index (χ2v) is 5.40. The summed E-state index contributed by atoms with van der Waals surface area (Å²) >= 11 is 0. The Labute approximate surface area is 116 Å². The smallest absolute Gasteiger partial charge is 0.137 e. The topological polar surface area (TPSA) is 44.3 Å². The molecule has 106 valence electrons. The van der Waals surface area contributed by atoms with Gasteiger partial charge in [0.05, 0.1) is 0 Å². The van der Waals surface area contributed by atoms with Crippen molar-refractivity contribution in [3.63, 3.8) is 0 Å². The number of anilines is 2. The largest absolute Gasteiger partial charge is 0.370 e. The summed E-state index contributed by atoms with van der Waals surface area (Å²) in [5.41, 5.74) is 1.16. The molecular weight excluding hydrogens is 238 g/mol. The lowest BCUT2D eigenvalue weighted by molar-refractivity contribution is 0.274. The van der Waals surface area contributed by atoms with Crippen LogP contribution in [0.4, 0.5) is 11.6 Å². The first-order valence-electron chi connectivity index (χ1n) is 7.07. The third-order valence-electron chi connectivity index (χ3n) is 3.68. The van der Waals surface area contributed by atoms with Crippen molar-refractivity contribution in [2.45, 2.75) is 33.7 Å². The van der Waals surface area contributed by atoms with Gasteiger partial charge in [0.2, 0.25) is 0 Å². The highest BCUT2D eigenvalue weighted by Gasteiger charge is 2.25. The minimum Gasteiger partial charge on any atom is -0.370 e. The predicted octanol–water partition coefficient (Wildman–Crippen LogP) is 1.67. The van der Waals surface area contributed by atoms with Crippen molar-refractivity contribution in [2.24, 2.45) is 0 Å². The minimum absolute atomic E-state index is 0.487. The lowest BCUT2D eigenvalue weighted by Crippen LogP contribution is -2.51. The number of hydrogen-bond acceptors (Lipinski definition) is 5. The van der Waals surface area contributed by atoms with Crippen LogP contribution in [0.3, 0.4) is 0 Å². The predicted molar refractivity (Wildman–Crippen MR) is 80.0 cm³/mol. The van der Waals surface area contributed by atoms with Crippen LogP contribution in [-0.2, 0) is 0 Å². The highest BCUT2D eigenvalue weighted by Crippen LogP contribution is 2.26. The summed E-state index contributed by atoms with van der Waals surface area (Å²) in [4.78, 5) is 13.9. The summed E-state index contributed by atoms with van der Waals surface area (Å²) < 4.78 is 0. The zero-order chi connectivity index (χ0) is 14.0. The third-order valence-corrected chi connectivity index (χ3v) is 3.68.